The van der Waals surface area contributed by atoms with Crippen molar-refractivity contribution in [2.75, 3.05) is 13.7 Å². The number of aryl methyl sites for hydroxylation is 2. The van der Waals surface area contributed by atoms with Crippen molar-refractivity contribution in [1.29, 1.82) is 0 Å². The topological polar surface area (TPSA) is 52.2 Å². The summed E-state index contributed by atoms with van der Waals surface area (Å²) in [6, 6.07) is 2.10. The Labute approximate surface area is 126 Å². The molecular formula is C16H25N3O2. The van der Waals surface area contributed by atoms with Crippen molar-refractivity contribution in [3.8, 4) is 5.75 Å². The second-order valence-corrected chi connectivity index (χ2v) is 5.20. The molecule has 0 aliphatic rings. The highest BCUT2D eigenvalue weighted by atomic mass is 16.5. The third kappa shape index (κ3) is 3.47. The molecule has 2 aromatic rings. The van der Waals surface area contributed by atoms with Gasteiger partial charge in [-0.15, -0.1) is 0 Å². The van der Waals surface area contributed by atoms with Crippen LogP contribution in [0.15, 0.2) is 22.9 Å². The Morgan fingerprint density at radius 3 is 2.76 bits per heavy atom. The van der Waals surface area contributed by atoms with Crippen LogP contribution in [0.2, 0.25) is 0 Å². The average Bonchev–Trinajstić information content (AvgIpc) is 3.07. The Balaban J connectivity index is 2.42. The molecule has 0 spiro atoms. The molecule has 116 valence electrons. The van der Waals surface area contributed by atoms with E-state index in [4.69, 9.17) is 9.15 Å². The zero-order chi connectivity index (χ0) is 15.2. The smallest absolute Gasteiger partial charge is 0.161 e. The van der Waals surface area contributed by atoms with Crippen LogP contribution in [-0.2, 0) is 6.54 Å². The molecule has 5 nitrogen and oxygen atoms in total. The maximum atomic E-state index is 5.51. The largest absolute Gasteiger partial charge is 0.493 e. The van der Waals surface area contributed by atoms with Gasteiger partial charge in [0.2, 0.25) is 0 Å². The van der Waals surface area contributed by atoms with Gasteiger partial charge < -0.3 is 14.5 Å². The van der Waals surface area contributed by atoms with Crippen molar-refractivity contribution in [2.45, 2.75) is 46.2 Å². The summed E-state index contributed by atoms with van der Waals surface area (Å²) in [6.07, 6.45) is 5.70. The van der Waals surface area contributed by atoms with E-state index in [9.17, 15) is 0 Å². The van der Waals surface area contributed by atoms with Crippen molar-refractivity contribution in [1.82, 2.24) is 15.1 Å². The Hall–Kier alpha value is -1.75. The van der Waals surface area contributed by atoms with Crippen LogP contribution >= 0.6 is 0 Å². The lowest BCUT2D eigenvalue weighted by Gasteiger charge is -2.20. The molecule has 0 aromatic carbocycles. The fourth-order valence-corrected chi connectivity index (χ4v) is 2.49. The van der Waals surface area contributed by atoms with Gasteiger partial charge in [-0.05, 0) is 32.4 Å². The van der Waals surface area contributed by atoms with Crippen LogP contribution in [0.5, 0.6) is 5.75 Å². The van der Waals surface area contributed by atoms with Crippen LogP contribution in [-0.4, -0.2) is 23.4 Å². The van der Waals surface area contributed by atoms with E-state index in [2.05, 4.69) is 30.3 Å². The summed E-state index contributed by atoms with van der Waals surface area (Å²) in [5.74, 6) is 1.73. The van der Waals surface area contributed by atoms with E-state index in [0.29, 0.717) is 0 Å². The van der Waals surface area contributed by atoms with Gasteiger partial charge in [0.05, 0.1) is 25.6 Å². The minimum absolute atomic E-state index is 0.0337. The summed E-state index contributed by atoms with van der Waals surface area (Å²) in [4.78, 5) is 0. The second-order valence-electron chi connectivity index (χ2n) is 5.20. The molecule has 0 radical (unpaired) electrons. The molecule has 0 saturated heterocycles. The number of rotatable bonds is 8. The SMILES string of the molecule is CCCNC(c1coc(C)c1)c1c(OC)cnn1CCC. The van der Waals surface area contributed by atoms with Gasteiger partial charge in [-0.1, -0.05) is 13.8 Å². The molecule has 21 heavy (non-hydrogen) atoms. The van der Waals surface area contributed by atoms with E-state index in [1.165, 1.54) is 0 Å². The molecule has 0 saturated carbocycles. The standard InChI is InChI=1S/C16H25N3O2/c1-5-7-17-15(13-9-12(3)21-11-13)16-14(20-4)10-18-19(16)8-6-2/h9-11,15,17H,5-8H2,1-4H3. The number of methoxy groups -OCH3 is 1. The molecule has 0 amide bonds. The monoisotopic (exact) mass is 291 g/mol. The normalized spacial score (nSPS) is 12.6. The van der Waals surface area contributed by atoms with Crippen molar-refractivity contribution in [3.63, 3.8) is 0 Å². The molecule has 0 aliphatic heterocycles. The first kappa shape index (κ1) is 15.6. The quantitative estimate of drug-likeness (QED) is 0.811. The summed E-state index contributed by atoms with van der Waals surface area (Å²) in [6.45, 7) is 8.07. The van der Waals surface area contributed by atoms with E-state index < -0.39 is 0 Å². The molecule has 1 N–H and O–H groups in total. The minimum Gasteiger partial charge on any atom is -0.493 e. The summed E-state index contributed by atoms with van der Waals surface area (Å²) in [5, 5.41) is 8.03. The van der Waals surface area contributed by atoms with E-state index >= 15 is 0 Å². The van der Waals surface area contributed by atoms with Gasteiger partial charge in [-0.3, -0.25) is 4.68 Å². The Bertz CT molecular complexity index is 560. The molecular weight excluding hydrogens is 266 g/mol. The Morgan fingerprint density at radius 2 is 2.19 bits per heavy atom. The zero-order valence-corrected chi connectivity index (χ0v) is 13.3. The molecule has 0 aliphatic carbocycles. The first-order valence-corrected chi connectivity index (χ1v) is 7.59. The van der Waals surface area contributed by atoms with Gasteiger partial charge in [-0.25, -0.2) is 0 Å². The van der Waals surface area contributed by atoms with Gasteiger partial charge >= 0.3 is 0 Å². The summed E-state index contributed by atoms with van der Waals surface area (Å²) in [5.41, 5.74) is 2.17. The molecule has 0 bridgehead atoms. The highest BCUT2D eigenvalue weighted by molar-refractivity contribution is 5.36. The van der Waals surface area contributed by atoms with Crippen LogP contribution in [0.3, 0.4) is 0 Å². The third-order valence-electron chi connectivity index (χ3n) is 3.46. The number of hydrogen-bond acceptors (Lipinski definition) is 4. The van der Waals surface area contributed by atoms with Gasteiger partial charge in [0.1, 0.15) is 11.5 Å². The highest BCUT2D eigenvalue weighted by Gasteiger charge is 2.24. The first-order valence-electron chi connectivity index (χ1n) is 7.59. The number of nitrogens with one attached hydrogen (secondary N) is 1. The predicted octanol–water partition coefficient (Wildman–Crippen LogP) is 3.29. The molecule has 2 aromatic heterocycles. The molecule has 2 rings (SSSR count). The lowest BCUT2D eigenvalue weighted by atomic mass is 10.1. The maximum Gasteiger partial charge on any atom is 0.161 e. The average molecular weight is 291 g/mol. The molecule has 1 unspecified atom stereocenters. The number of furan rings is 1. The van der Waals surface area contributed by atoms with Crippen LogP contribution < -0.4 is 10.1 Å². The van der Waals surface area contributed by atoms with E-state index in [1.807, 2.05) is 17.9 Å². The van der Waals surface area contributed by atoms with Crippen LogP contribution in [0.25, 0.3) is 0 Å². The third-order valence-corrected chi connectivity index (χ3v) is 3.46. The number of hydrogen-bond donors (Lipinski definition) is 1. The van der Waals surface area contributed by atoms with Crippen molar-refractivity contribution < 1.29 is 9.15 Å². The first-order chi connectivity index (χ1) is 10.2. The van der Waals surface area contributed by atoms with Crippen LogP contribution in [0.1, 0.15) is 49.7 Å². The molecule has 1 atom stereocenters. The number of ether oxygens (including phenoxy) is 1. The van der Waals surface area contributed by atoms with Gasteiger partial charge in [0.25, 0.3) is 0 Å². The van der Waals surface area contributed by atoms with E-state index in [0.717, 1.165) is 48.7 Å². The van der Waals surface area contributed by atoms with Gasteiger partial charge in [-0.2, -0.15) is 5.10 Å². The lowest BCUT2D eigenvalue weighted by molar-refractivity contribution is 0.397. The summed E-state index contributed by atoms with van der Waals surface area (Å²) >= 11 is 0. The van der Waals surface area contributed by atoms with E-state index in [1.54, 1.807) is 13.3 Å². The fourth-order valence-electron chi connectivity index (χ4n) is 2.49. The molecule has 2 heterocycles. The van der Waals surface area contributed by atoms with Crippen molar-refractivity contribution in [2.24, 2.45) is 0 Å². The Morgan fingerprint density at radius 1 is 1.38 bits per heavy atom. The van der Waals surface area contributed by atoms with Crippen molar-refractivity contribution >= 4 is 0 Å². The zero-order valence-electron chi connectivity index (χ0n) is 13.3. The number of nitrogens with zero attached hydrogens (tertiary/aromatic N) is 2. The highest BCUT2D eigenvalue weighted by Crippen LogP contribution is 2.31. The second kappa shape index (κ2) is 7.31. The predicted molar refractivity (Wildman–Crippen MR) is 82.7 cm³/mol. The fraction of sp³-hybridized carbons (Fsp3) is 0.562. The van der Waals surface area contributed by atoms with Crippen LogP contribution in [0.4, 0.5) is 0 Å². The molecule has 5 heteroatoms. The Kier molecular flexibility index (Phi) is 5.44. The number of aromatic nitrogens is 2. The minimum atomic E-state index is 0.0337. The van der Waals surface area contributed by atoms with Gasteiger partial charge in [0, 0.05) is 12.1 Å². The van der Waals surface area contributed by atoms with E-state index in [-0.39, 0.29) is 6.04 Å². The summed E-state index contributed by atoms with van der Waals surface area (Å²) < 4.78 is 13.0. The van der Waals surface area contributed by atoms with Crippen molar-refractivity contribution in [3.05, 3.63) is 35.5 Å². The molecule has 0 fully saturated rings. The maximum absolute atomic E-state index is 5.51. The summed E-state index contributed by atoms with van der Waals surface area (Å²) in [7, 11) is 1.69. The van der Waals surface area contributed by atoms with Gasteiger partial charge in [0.15, 0.2) is 5.75 Å². The lowest BCUT2D eigenvalue weighted by Crippen LogP contribution is -2.26. The van der Waals surface area contributed by atoms with Crippen LogP contribution in [0, 0.1) is 6.92 Å².